The lowest BCUT2D eigenvalue weighted by Crippen LogP contribution is -2.64. The van der Waals surface area contributed by atoms with E-state index in [-0.39, 0.29) is 11.8 Å². The second kappa shape index (κ2) is 8.06. The Kier molecular flexibility index (Phi) is 5.46. The van der Waals surface area contributed by atoms with E-state index in [9.17, 15) is 9.59 Å². The van der Waals surface area contributed by atoms with Gasteiger partial charge in [0.25, 0.3) is 0 Å². The van der Waals surface area contributed by atoms with Gasteiger partial charge in [0.15, 0.2) is 11.5 Å². The largest absolute Gasteiger partial charge is 0.468 e. The number of fused-ring (bicyclic) bond motifs is 4. The first kappa shape index (κ1) is 20.3. The summed E-state index contributed by atoms with van der Waals surface area (Å²) in [6, 6.07) is 7.53. The van der Waals surface area contributed by atoms with Gasteiger partial charge in [-0.2, -0.15) is 4.98 Å². The van der Waals surface area contributed by atoms with Gasteiger partial charge in [-0.15, -0.1) is 0 Å². The second-order valence-corrected chi connectivity index (χ2v) is 7.95. The number of ether oxygens (including phenoxy) is 2. The fraction of sp³-hybridized carbons (Fsp3) is 0.524. The number of carbonyl (C=O) groups excluding carboxylic acids is 2. The van der Waals surface area contributed by atoms with Crippen LogP contribution < -0.4 is 10.5 Å². The molecule has 2 amide bonds. The number of amides is 2. The molecule has 2 N–H and O–H groups in total. The van der Waals surface area contributed by atoms with E-state index in [1.54, 1.807) is 12.0 Å². The van der Waals surface area contributed by atoms with E-state index in [1.807, 2.05) is 31.2 Å². The van der Waals surface area contributed by atoms with Crippen molar-refractivity contribution in [1.82, 2.24) is 15.0 Å². The SMILES string of the molecule is COCCc1noc(CCCN2C(=O)[C@H](C(N)=O)[C@H]3C[C@@]2(C)Oc2ccccc23)n1. The maximum atomic E-state index is 13.2. The van der Waals surface area contributed by atoms with Crippen LogP contribution in [0.5, 0.6) is 5.75 Å². The first-order valence-electron chi connectivity index (χ1n) is 10.1. The average molecular weight is 414 g/mol. The van der Waals surface area contributed by atoms with E-state index in [1.165, 1.54) is 0 Å². The minimum absolute atomic E-state index is 0.277. The Bertz CT molecular complexity index is 945. The molecule has 0 aliphatic carbocycles. The van der Waals surface area contributed by atoms with Gasteiger partial charge in [0.05, 0.1) is 6.61 Å². The molecule has 1 saturated heterocycles. The van der Waals surface area contributed by atoms with Crippen LogP contribution in [0.1, 0.15) is 43.0 Å². The van der Waals surface area contributed by atoms with Crippen molar-refractivity contribution in [3.8, 4) is 5.75 Å². The molecule has 1 aromatic carbocycles. The van der Waals surface area contributed by atoms with Gasteiger partial charge in [-0.05, 0) is 25.0 Å². The van der Waals surface area contributed by atoms with E-state index in [4.69, 9.17) is 19.7 Å². The van der Waals surface area contributed by atoms with Crippen molar-refractivity contribution < 1.29 is 23.6 Å². The fourth-order valence-electron chi connectivity index (χ4n) is 4.45. The molecular formula is C21H26N4O5. The third kappa shape index (κ3) is 3.65. The van der Waals surface area contributed by atoms with Crippen molar-refractivity contribution in [3.63, 3.8) is 0 Å². The molecule has 3 atom stereocenters. The summed E-state index contributed by atoms with van der Waals surface area (Å²) in [5.74, 6) is -0.269. The summed E-state index contributed by atoms with van der Waals surface area (Å²) >= 11 is 0. The average Bonchev–Trinajstić information content (AvgIpc) is 3.16. The van der Waals surface area contributed by atoms with Gasteiger partial charge >= 0.3 is 0 Å². The molecule has 0 spiro atoms. The van der Waals surface area contributed by atoms with Gasteiger partial charge in [-0.1, -0.05) is 23.4 Å². The highest BCUT2D eigenvalue weighted by molar-refractivity contribution is 6.01. The fourth-order valence-corrected chi connectivity index (χ4v) is 4.45. The molecule has 9 heteroatoms. The molecule has 0 saturated carbocycles. The number of hydrogen-bond acceptors (Lipinski definition) is 7. The topological polar surface area (TPSA) is 121 Å². The lowest BCUT2D eigenvalue weighted by atomic mass is 9.73. The molecule has 2 bridgehead atoms. The standard InChI is InChI=1S/C21H26N4O5/c1-21-12-14(13-6-3-4-7-15(13)29-21)18(19(22)26)20(27)25(21)10-5-8-17-23-16(24-30-17)9-11-28-2/h3-4,6-7,14,18H,5,8-12H2,1-2H3,(H2,22,26)/t14-,18-,21+/m0/s1. The van der Waals surface area contributed by atoms with Crippen molar-refractivity contribution in [3.05, 3.63) is 41.5 Å². The Labute approximate surface area is 174 Å². The third-order valence-corrected chi connectivity index (χ3v) is 5.87. The number of carbonyl (C=O) groups is 2. The Balaban J connectivity index is 1.50. The Morgan fingerprint density at radius 1 is 1.37 bits per heavy atom. The summed E-state index contributed by atoms with van der Waals surface area (Å²) in [5, 5.41) is 3.93. The highest BCUT2D eigenvalue weighted by Gasteiger charge is 2.55. The van der Waals surface area contributed by atoms with Crippen LogP contribution in [0.4, 0.5) is 0 Å². The minimum Gasteiger partial charge on any atom is -0.468 e. The van der Waals surface area contributed by atoms with Gasteiger partial charge in [0, 0.05) is 38.8 Å². The maximum absolute atomic E-state index is 13.2. The molecule has 2 aliphatic rings. The second-order valence-electron chi connectivity index (χ2n) is 7.95. The molecule has 4 rings (SSSR count). The van der Waals surface area contributed by atoms with Crippen LogP contribution in [0.15, 0.2) is 28.8 Å². The van der Waals surface area contributed by atoms with Crippen LogP contribution in [0.3, 0.4) is 0 Å². The molecule has 1 fully saturated rings. The molecule has 9 nitrogen and oxygen atoms in total. The Morgan fingerprint density at radius 2 is 2.17 bits per heavy atom. The molecule has 2 aromatic rings. The van der Waals surface area contributed by atoms with Crippen LogP contribution in [-0.2, 0) is 27.2 Å². The number of nitrogens with zero attached hydrogens (tertiary/aromatic N) is 3. The zero-order valence-electron chi connectivity index (χ0n) is 17.2. The van der Waals surface area contributed by atoms with Crippen LogP contribution >= 0.6 is 0 Å². The molecule has 1 aromatic heterocycles. The number of aromatic nitrogens is 2. The molecule has 3 heterocycles. The number of rotatable bonds is 8. The zero-order chi connectivity index (χ0) is 21.3. The van der Waals surface area contributed by atoms with Crippen molar-refractivity contribution >= 4 is 11.8 Å². The lowest BCUT2D eigenvalue weighted by Gasteiger charge is -2.52. The van der Waals surface area contributed by atoms with Gasteiger partial charge in [0.2, 0.25) is 17.7 Å². The summed E-state index contributed by atoms with van der Waals surface area (Å²) < 4.78 is 16.5. The van der Waals surface area contributed by atoms with Crippen LogP contribution in [0.2, 0.25) is 0 Å². The Hall–Kier alpha value is -2.94. The highest BCUT2D eigenvalue weighted by Crippen LogP contribution is 2.49. The predicted molar refractivity (Wildman–Crippen MR) is 105 cm³/mol. The van der Waals surface area contributed by atoms with Gasteiger partial charge in [0.1, 0.15) is 11.7 Å². The number of nitrogens with two attached hydrogens (primary N) is 1. The van der Waals surface area contributed by atoms with E-state index < -0.39 is 17.6 Å². The molecule has 30 heavy (non-hydrogen) atoms. The number of para-hydroxylation sites is 1. The molecule has 2 aliphatic heterocycles. The molecule has 0 radical (unpaired) electrons. The lowest BCUT2D eigenvalue weighted by molar-refractivity contribution is -0.175. The van der Waals surface area contributed by atoms with Gasteiger partial charge in [-0.25, -0.2) is 0 Å². The van der Waals surface area contributed by atoms with E-state index in [0.29, 0.717) is 56.3 Å². The zero-order valence-corrected chi connectivity index (χ0v) is 17.2. The molecule has 0 unspecified atom stereocenters. The summed E-state index contributed by atoms with van der Waals surface area (Å²) in [7, 11) is 1.62. The van der Waals surface area contributed by atoms with Crippen molar-refractivity contribution in [1.29, 1.82) is 0 Å². The van der Waals surface area contributed by atoms with Crippen LogP contribution in [-0.4, -0.2) is 52.8 Å². The number of benzene rings is 1. The summed E-state index contributed by atoms with van der Waals surface area (Å²) in [5.41, 5.74) is 5.68. The number of likely N-dealkylation sites (tertiary alicyclic amines) is 1. The van der Waals surface area contributed by atoms with Crippen LogP contribution in [0, 0.1) is 5.92 Å². The van der Waals surface area contributed by atoms with E-state index in [2.05, 4.69) is 10.1 Å². The van der Waals surface area contributed by atoms with Crippen molar-refractivity contribution in [2.45, 2.75) is 44.2 Å². The number of hydrogen-bond donors (Lipinski definition) is 1. The Morgan fingerprint density at radius 3 is 2.93 bits per heavy atom. The molecule has 160 valence electrons. The van der Waals surface area contributed by atoms with Crippen LogP contribution in [0.25, 0.3) is 0 Å². The third-order valence-electron chi connectivity index (χ3n) is 5.87. The van der Waals surface area contributed by atoms with Gasteiger partial charge in [-0.3, -0.25) is 9.59 Å². The summed E-state index contributed by atoms with van der Waals surface area (Å²) in [6.07, 6.45) is 2.21. The van der Waals surface area contributed by atoms with Crippen molar-refractivity contribution in [2.75, 3.05) is 20.3 Å². The molecular weight excluding hydrogens is 388 g/mol. The number of methoxy groups -OCH3 is 1. The summed E-state index contributed by atoms with van der Waals surface area (Å²) in [6.45, 7) is 2.80. The number of piperidine rings is 1. The predicted octanol–water partition coefficient (Wildman–Crippen LogP) is 1.42. The number of aryl methyl sites for hydroxylation is 1. The first-order valence-corrected chi connectivity index (χ1v) is 10.1. The quantitative estimate of drug-likeness (QED) is 0.648. The van der Waals surface area contributed by atoms with Crippen molar-refractivity contribution in [2.24, 2.45) is 11.7 Å². The summed E-state index contributed by atoms with van der Waals surface area (Å²) in [4.78, 5) is 31.4. The maximum Gasteiger partial charge on any atom is 0.238 e. The smallest absolute Gasteiger partial charge is 0.238 e. The normalized spacial score (nSPS) is 25.0. The highest BCUT2D eigenvalue weighted by atomic mass is 16.5. The minimum atomic E-state index is -0.896. The van der Waals surface area contributed by atoms with E-state index >= 15 is 0 Å². The van der Waals surface area contributed by atoms with Gasteiger partial charge < -0.3 is 24.6 Å². The van der Waals surface area contributed by atoms with E-state index in [0.717, 1.165) is 5.56 Å². The monoisotopic (exact) mass is 414 g/mol. The first-order chi connectivity index (χ1) is 14.4. The number of primary amides is 1.